The van der Waals surface area contributed by atoms with Gasteiger partial charge in [0.1, 0.15) is 11.5 Å². The van der Waals surface area contributed by atoms with E-state index in [-0.39, 0.29) is 6.79 Å². The summed E-state index contributed by atoms with van der Waals surface area (Å²) in [5.41, 5.74) is 1.83. The highest BCUT2D eigenvalue weighted by Gasteiger charge is 2.15. The minimum atomic E-state index is 0.280. The maximum atomic E-state index is 5.34. The van der Waals surface area contributed by atoms with Crippen molar-refractivity contribution in [3.63, 3.8) is 0 Å². The molecule has 0 aliphatic carbocycles. The van der Waals surface area contributed by atoms with Crippen LogP contribution in [0, 0.1) is 0 Å². The normalized spacial score (nSPS) is 14.3. The van der Waals surface area contributed by atoms with Crippen molar-refractivity contribution in [3.05, 3.63) is 23.3 Å². The molecule has 1 aliphatic heterocycles. The Morgan fingerprint density at radius 2 is 2.33 bits per heavy atom. The molecule has 82 valence electrons. The zero-order valence-electron chi connectivity index (χ0n) is 8.49. The second-order valence-electron chi connectivity index (χ2n) is 3.19. The van der Waals surface area contributed by atoms with Crippen molar-refractivity contribution in [2.45, 2.75) is 13.2 Å². The lowest BCUT2D eigenvalue weighted by atomic mass is 10.1. The highest BCUT2D eigenvalue weighted by molar-refractivity contribution is 5.46. The van der Waals surface area contributed by atoms with Crippen LogP contribution >= 0.6 is 0 Å². The van der Waals surface area contributed by atoms with E-state index in [0.717, 1.165) is 22.6 Å². The number of fused-ring (bicyclic) bond motifs is 1. The van der Waals surface area contributed by atoms with Gasteiger partial charge in [0.05, 0.1) is 20.3 Å². The molecule has 0 aromatic heterocycles. The van der Waals surface area contributed by atoms with Crippen LogP contribution in [-0.2, 0) is 22.8 Å². The molecule has 0 spiro atoms. The maximum absolute atomic E-state index is 5.34. The first-order chi connectivity index (χ1) is 7.35. The molecule has 1 heterocycles. The van der Waals surface area contributed by atoms with Gasteiger partial charge < -0.3 is 14.2 Å². The predicted octanol–water partition coefficient (Wildman–Crippen LogP) is 0.952. The van der Waals surface area contributed by atoms with Crippen LogP contribution < -0.4 is 15.4 Å². The number of hydrogen-bond acceptors (Lipinski definition) is 5. The van der Waals surface area contributed by atoms with Crippen molar-refractivity contribution < 1.29 is 19.0 Å². The monoisotopic (exact) mass is 211 g/mol. The van der Waals surface area contributed by atoms with Crippen molar-refractivity contribution in [2.75, 3.05) is 13.9 Å². The predicted molar refractivity (Wildman–Crippen MR) is 52.3 cm³/mol. The van der Waals surface area contributed by atoms with Crippen LogP contribution in [0.1, 0.15) is 11.1 Å². The van der Waals surface area contributed by atoms with Gasteiger partial charge in [0.15, 0.2) is 6.79 Å². The average molecular weight is 211 g/mol. The van der Waals surface area contributed by atoms with Gasteiger partial charge in [-0.15, -0.1) is 0 Å². The van der Waals surface area contributed by atoms with Crippen LogP contribution in [0.2, 0.25) is 0 Å². The molecule has 5 heteroatoms. The molecule has 1 aromatic carbocycles. The van der Waals surface area contributed by atoms with Crippen LogP contribution in [-0.4, -0.2) is 13.9 Å². The first-order valence-electron chi connectivity index (χ1n) is 4.57. The summed E-state index contributed by atoms with van der Waals surface area (Å²) in [4.78, 5) is 4.59. The number of methoxy groups -OCH3 is 1. The van der Waals surface area contributed by atoms with Crippen LogP contribution in [0.4, 0.5) is 0 Å². The zero-order chi connectivity index (χ0) is 10.7. The number of benzene rings is 1. The van der Waals surface area contributed by atoms with E-state index < -0.39 is 0 Å². The lowest BCUT2D eigenvalue weighted by Gasteiger charge is -2.19. The second-order valence-corrected chi connectivity index (χ2v) is 3.19. The van der Waals surface area contributed by atoms with E-state index in [2.05, 4.69) is 4.84 Å². The summed E-state index contributed by atoms with van der Waals surface area (Å²) in [7, 11) is 1.60. The standard InChI is InChI=1S/C10H13NO4/c1-12-9-2-7-4-13-6-14-10(7)3-8(9)5-15-11/h2-3H,4-6,11H2,1H3. The number of nitrogens with two attached hydrogens (primary N) is 1. The fourth-order valence-corrected chi connectivity index (χ4v) is 1.54. The van der Waals surface area contributed by atoms with Crippen molar-refractivity contribution in [2.24, 2.45) is 5.90 Å². The van der Waals surface area contributed by atoms with E-state index >= 15 is 0 Å². The molecule has 0 atom stereocenters. The van der Waals surface area contributed by atoms with Gasteiger partial charge in [-0.2, -0.15) is 0 Å². The molecular weight excluding hydrogens is 198 g/mol. The Kier molecular flexibility index (Phi) is 3.05. The van der Waals surface area contributed by atoms with Gasteiger partial charge in [-0.1, -0.05) is 0 Å². The van der Waals surface area contributed by atoms with Gasteiger partial charge in [-0.3, -0.25) is 4.84 Å². The molecule has 5 nitrogen and oxygen atoms in total. The molecule has 0 bridgehead atoms. The first-order valence-corrected chi connectivity index (χ1v) is 4.57. The SMILES string of the molecule is COc1cc2c(cc1CON)OCOC2. The van der Waals surface area contributed by atoms with Crippen molar-refractivity contribution in [1.29, 1.82) is 0 Å². The Morgan fingerprint density at radius 3 is 3.07 bits per heavy atom. The Hall–Kier alpha value is -1.30. The van der Waals surface area contributed by atoms with E-state index in [0.29, 0.717) is 13.2 Å². The van der Waals surface area contributed by atoms with Crippen LogP contribution in [0.5, 0.6) is 11.5 Å². The quantitative estimate of drug-likeness (QED) is 0.754. The number of rotatable bonds is 3. The molecule has 15 heavy (non-hydrogen) atoms. The van der Waals surface area contributed by atoms with E-state index in [9.17, 15) is 0 Å². The summed E-state index contributed by atoms with van der Waals surface area (Å²) in [6.07, 6.45) is 0. The average Bonchev–Trinajstić information content (AvgIpc) is 2.28. The summed E-state index contributed by atoms with van der Waals surface area (Å²) in [6, 6.07) is 3.74. The molecule has 0 fully saturated rings. The lowest BCUT2D eigenvalue weighted by Crippen LogP contribution is -2.12. The van der Waals surface area contributed by atoms with Gasteiger partial charge in [-0.05, 0) is 12.1 Å². The summed E-state index contributed by atoms with van der Waals surface area (Å²) in [5, 5.41) is 0. The van der Waals surface area contributed by atoms with E-state index in [1.54, 1.807) is 7.11 Å². The van der Waals surface area contributed by atoms with Crippen LogP contribution in [0.25, 0.3) is 0 Å². The van der Waals surface area contributed by atoms with Crippen LogP contribution in [0.3, 0.4) is 0 Å². The molecule has 0 unspecified atom stereocenters. The third kappa shape index (κ3) is 2.04. The largest absolute Gasteiger partial charge is 0.496 e. The van der Waals surface area contributed by atoms with Gasteiger partial charge >= 0.3 is 0 Å². The molecule has 1 aliphatic rings. The third-order valence-corrected chi connectivity index (χ3v) is 2.26. The van der Waals surface area contributed by atoms with Gasteiger partial charge in [-0.25, -0.2) is 5.90 Å². The van der Waals surface area contributed by atoms with Crippen molar-refractivity contribution >= 4 is 0 Å². The molecule has 2 rings (SSSR count). The summed E-state index contributed by atoms with van der Waals surface area (Å²) < 4.78 is 15.7. The van der Waals surface area contributed by atoms with Gasteiger partial charge in [0, 0.05) is 11.1 Å². The molecule has 1 aromatic rings. The lowest BCUT2D eigenvalue weighted by molar-refractivity contribution is -0.0167. The topological polar surface area (TPSA) is 62.9 Å². The fraction of sp³-hybridized carbons (Fsp3) is 0.400. The maximum Gasteiger partial charge on any atom is 0.189 e. The van der Waals surface area contributed by atoms with Crippen LogP contribution in [0.15, 0.2) is 12.1 Å². The third-order valence-electron chi connectivity index (χ3n) is 2.26. The molecule has 0 radical (unpaired) electrons. The minimum absolute atomic E-state index is 0.280. The highest BCUT2D eigenvalue weighted by atomic mass is 16.7. The minimum Gasteiger partial charge on any atom is -0.496 e. The van der Waals surface area contributed by atoms with Gasteiger partial charge in [0.2, 0.25) is 0 Å². The van der Waals surface area contributed by atoms with Crippen molar-refractivity contribution in [3.8, 4) is 11.5 Å². The molecule has 0 saturated carbocycles. The Bertz CT molecular complexity index is 354. The Balaban J connectivity index is 2.37. The number of ether oxygens (including phenoxy) is 3. The summed E-state index contributed by atoms with van der Waals surface area (Å²) >= 11 is 0. The number of hydrogen-bond donors (Lipinski definition) is 1. The molecule has 2 N–H and O–H groups in total. The van der Waals surface area contributed by atoms with E-state index in [4.69, 9.17) is 20.1 Å². The molecular formula is C10H13NO4. The summed E-state index contributed by atoms with van der Waals surface area (Å²) in [6.45, 7) is 1.11. The smallest absolute Gasteiger partial charge is 0.189 e. The fourth-order valence-electron chi connectivity index (χ4n) is 1.54. The summed E-state index contributed by atoms with van der Waals surface area (Å²) in [5.74, 6) is 6.57. The van der Waals surface area contributed by atoms with Crippen molar-refractivity contribution in [1.82, 2.24) is 0 Å². The Morgan fingerprint density at radius 1 is 1.47 bits per heavy atom. The Labute approximate surface area is 87.6 Å². The highest BCUT2D eigenvalue weighted by Crippen LogP contribution is 2.31. The first kappa shape index (κ1) is 10.2. The molecule has 0 saturated heterocycles. The zero-order valence-corrected chi connectivity index (χ0v) is 8.49. The second kappa shape index (κ2) is 4.48. The van der Waals surface area contributed by atoms with E-state index in [1.165, 1.54) is 0 Å². The van der Waals surface area contributed by atoms with Gasteiger partial charge in [0.25, 0.3) is 0 Å². The molecule has 0 amide bonds. The van der Waals surface area contributed by atoms with E-state index in [1.807, 2.05) is 12.1 Å².